The molecule has 0 saturated heterocycles. The van der Waals surface area contributed by atoms with E-state index in [0.717, 1.165) is 0 Å². The zero-order valence-electron chi connectivity index (χ0n) is 2.82. The molecule has 0 aliphatic heterocycles. The zero-order valence-corrected chi connectivity index (χ0v) is 12.0. The van der Waals surface area contributed by atoms with Gasteiger partial charge in [-0.1, -0.05) is 0 Å². The number of hydrogen-bond donors (Lipinski definition) is 0. The molecule has 0 bridgehead atoms. The van der Waals surface area contributed by atoms with Gasteiger partial charge in [-0.05, 0) is 0 Å². The van der Waals surface area contributed by atoms with Crippen LogP contribution in [0, 0.1) is 0 Å². The fraction of sp³-hybridized carbons (Fsp3) is 0. The van der Waals surface area contributed by atoms with Crippen molar-refractivity contribution >= 4 is 20.3 Å². The van der Waals surface area contributed by atoms with Crippen molar-refractivity contribution in [1.82, 2.24) is 0 Å². The van der Waals surface area contributed by atoms with Crippen molar-refractivity contribution in [3.05, 3.63) is 0 Å². The van der Waals surface area contributed by atoms with Gasteiger partial charge in [0.1, 0.15) is 0 Å². The van der Waals surface area contributed by atoms with Gasteiger partial charge in [0.25, 0.3) is 0 Å². The summed E-state index contributed by atoms with van der Waals surface area (Å²) in [6.45, 7) is 0. The SMILES string of the molecule is O=[Si].O=[Si].[Hf].[Hf]. The van der Waals surface area contributed by atoms with Crippen molar-refractivity contribution in [3.8, 4) is 0 Å². The summed E-state index contributed by atoms with van der Waals surface area (Å²) in [5.41, 5.74) is 0. The first-order chi connectivity index (χ1) is 2.00. The van der Waals surface area contributed by atoms with E-state index in [9.17, 15) is 0 Å². The predicted molar refractivity (Wildman–Crippen MR) is 12.9 cm³/mol. The standard InChI is InChI=1S/2Hf.2OSi/c;;2*1-2. The van der Waals surface area contributed by atoms with Crippen LogP contribution >= 0.6 is 0 Å². The van der Waals surface area contributed by atoms with Gasteiger partial charge in [0.15, 0.2) is 0 Å². The Morgan fingerprint density at radius 1 is 0.667 bits per heavy atom. The molecule has 0 heterocycles. The van der Waals surface area contributed by atoms with Gasteiger partial charge >= 0.3 is 20.3 Å². The van der Waals surface area contributed by atoms with Crippen LogP contribution in [-0.4, -0.2) is 20.3 Å². The predicted octanol–water partition coefficient (Wildman–Crippen LogP) is -1.00. The van der Waals surface area contributed by atoms with Gasteiger partial charge in [-0.2, -0.15) is 0 Å². The first-order valence-electron chi connectivity index (χ1n) is 0.408. The van der Waals surface area contributed by atoms with Gasteiger partial charge < -0.3 is 8.92 Å². The summed E-state index contributed by atoms with van der Waals surface area (Å²) in [6, 6.07) is 0. The topological polar surface area (TPSA) is 34.1 Å². The van der Waals surface area contributed by atoms with Gasteiger partial charge in [-0.15, -0.1) is 0 Å². The minimum atomic E-state index is 0. The normalized spacial score (nSPS) is 1.33. The quantitative estimate of drug-likeness (QED) is 0.449. The van der Waals surface area contributed by atoms with E-state index in [4.69, 9.17) is 8.92 Å². The van der Waals surface area contributed by atoms with Crippen LogP contribution in [0.15, 0.2) is 0 Å². The van der Waals surface area contributed by atoms with Crippen molar-refractivity contribution in [1.29, 1.82) is 0 Å². The van der Waals surface area contributed by atoms with E-state index < -0.39 is 0 Å². The third kappa shape index (κ3) is 41.8. The summed E-state index contributed by atoms with van der Waals surface area (Å²) in [4.78, 5) is 0. The summed E-state index contributed by atoms with van der Waals surface area (Å²) < 4.78 is 16.1. The van der Waals surface area contributed by atoms with Crippen LogP contribution in [0.5, 0.6) is 0 Å². The second-order valence-electron chi connectivity index (χ2n) is 0. The van der Waals surface area contributed by atoms with Crippen LogP contribution in [0.2, 0.25) is 0 Å². The molecule has 0 saturated carbocycles. The first-order valence-corrected chi connectivity index (χ1v) is 1.22. The fourth-order valence-corrected chi connectivity index (χ4v) is 0. The molecule has 0 spiro atoms. The number of rotatable bonds is 0. The van der Waals surface area contributed by atoms with Crippen LogP contribution in [0.25, 0.3) is 0 Å². The minimum absolute atomic E-state index is 0. The molecular weight excluding hydrogens is 445 g/mol. The van der Waals surface area contributed by atoms with Crippen molar-refractivity contribution in [2.45, 2.75) is 0 Å². The average molecular weight is 445 g/mol. The summed E-state index contributed by atoms with van der Waals surface area (Å²) in [5.74, 6) is 0. The Morgan fingerprint density at radius 3 is 0.667 bits per heavy atom. The molecule has 0 atom stereocenters. The summed E-state index contributed by atoms with van der Waals surface area (Å²) in [7, 11) is 3.44. The molecule has 4 radical (unpaired) electrons. The molecule has 0 aliphatic rings. The Kier molecular flexibility index (Phi) is 300. The van der Waals surface area contributed by atoms with Gasteiger partial charge in [-0.3, -0.25) is 0 Å². The Balaban J connectivity index is -0.00000000500. The van der Waals surface area contributed by atoms with Crippen LogP contribution in [0.3, 0.4) is 0 Å². The van der Waals surface area contributed by atoms with Crippen LogP contribution in [0.1, 0.15) is 0 Å². The average Bonchev–Trinajstić information content (AvgIpc) is 1.50. The fourth-order valence-electron chi connectivity index (χ4n) is 0. The molecule has 6 heavy (non-hydrogen) atoms. The van der Waals surface area contributed by atoms with Gasteiger partial charge in [-0.25, -0.2) is 0 Å². The van der Waals surface area contributed by atoms with Crippen molar-refractivity contribution in [2.24, 2.45) is 0 Å². The largest absolute Gasteiger partial charge is 0.381 e. The van der Waals surface area contributed by atoms with Crippen LogP contribution in [-0.2, 0) is 60.6 Å². The monoisotopic (exact) mass is 448 g/mol. The maximum Gasteiger partial charge on any atom is 0.381 e. The van der Waals surface area contributed by atoms with E-state index in [1.54, 1.807) is 20.3 Å². The van der Waals surface area contributed by atoms with Gasteiger partial charge in [0.05, 0.1) is 0 Å². The van der Waals surface area contributed by atoms with Gasteiger partial charge in [0.2, 0.25) is 0 Å². The van der Waals surface area contributed by atoms with E-state index in [2.05, 4.69) is 0 Å². The molecule has 0 aromatic heterocycles. The molecule has 0 fully saturated rings. The zero-order chi connectivity index (χ0) is 4.00. The van der Waals surface area contributed by atoms with Crippen molar-refractivity contribution in [2.75, 3.05) is 0 Å². The summed E-state index contributed by atoms with van der Waals surface area (Å²) in [5, 5.41) is 0. The Morgan fingerprint density at radius 2 is 0.667 bits per heavy atom. The van der Waals surface area contributed by atoms with Gasteiger partial charge in [0, 0.05) is 51.7 Å². The van der Waals surface area contributed by atoms with E-state index in [0.29, 0.717) is 0 Å². The summed E-state index contributed by atoms with van der Waals surface area (Å²) in [6.07, 6.45) is 0. The third-order valence-electron chi connectivity index (χ3n) is 0. The number of hydrogen-bond acceptors (Lipinski definition) is 2. The molecule has 0 amide bonds. The second kappa shape index (κ2) is 71.8. The Bertz CT molecular complexity index is 11.5. The molecule has 2 nitrogen and oxygen atoms in total. The van der Waals surface area contributed by atoms with E-state index in [1.165, 1.54) is 0 Å². The molecule has 28 valence electrons. The summed E-state index contributed by atoms with van der Waals surface area (Å²) >= 11 is 0. The Labute approximate surface area is 80.0 Å². The van der Waals surface area contributed by atoms with E-state index in [-0.39, 0.29) is 51.7 Å². The molecule has 0 rings (SSSR count). The second-order valence-corrected chi connectivity index (χ2v) is 0. The third-order valence-corrected chi connectivity index (χ3v) is 0. The molecule has 0 aromatic rings. The van der Waals surface area contributed by atoms with E-state index in [1.807, 2.05) is 0 Å². The maximum atomic E-state index is 8.06. The van der Waals surface area contributed by atoms with Crippen LogP contribution < -0.4 is 0 Å². The molecule has 0 unspecified atom stereocenters. The van der Waals surface area contributed by atoms with E-state index >= 15 is 0 Å². The molecular formula is Hf2O2Si2. The van der Waals surface area contributed by atoms with Crippen molar-refractivity contribution < 1.29 is 60.6 Å². The minimum Gasteiger partial charge on any atom is -0.381 e. The maximum absolute atomic E-state index is 8.06. The molecule has 0 N–H and O–H groups in total. The molecule has 6 heteroatoms. The van der Waals surface area contributed by atoms with Crippen molar-refractivity contribution in [3.63, 3.8) is 0 Å². The molecule has 0 aliphatic carbocycles. The molecule has 0 aromatic carbocycles. The smallest absolute Gasteiger partial charge is 0.381 e. The Hall–Kier alpha value is 1.77. The first kappa shape index (κ1) is 25.0. The van der Waals surface area contributed by atoms with Crippen LogP contribution in [0.4, 0.5) is 0 Å².